The highest BCUT2D eigenvalue weighted by Crippen LogP contribution is 2.62. The Labute approximate surface area is 186 Å². The highest BCUT2D eigenvalue weighted by Gasteiger charge is 2.53. The molecule has 1 heteroatoms. The standard InChI is InChI=1S/C29H46O/c1-20(2)21(3)16-18-28(5,6)27-15-14-26-23(9-8-17-29(26,27)7)11-12-24-19-25(30)13-10-22(24)4/h11-12,16,18,20-21,25-27,30H,4,8-10,13-15,17,19H2,1-3,5-7H3/b18-16+,23-11+,24-12-/t21-,25-,26-,27+,29-/m0/s1. The predicted molar refractivity (Wildman–Crippen MR) is 130 cm³/mol. The van der Waals surface area contributed by atoms with Gasteiger partial charge in [0.05, 0.1) is 6.10 Å². The summed E-state index contributed by atoms with van der Waals surface area (Å²) >= 11 is 0. The van der Waals surface area contributed by atoms with Crippen molar-refractivity contribution in [3.8, 4) is 0 Å². The van der Waals surface area contributed by atoms with Crippen LogP contribution >= 0.6 is 0 Å². The lowest BCUT2D eigenvalue weighted by molar-refractivity contribution is 0.0715. The van der Waals surface area contributed by atoms with E-state index in [1.807, 2.05) is 0 Å². The first-order valence-corrected chi connectivity index (χ1v) is 12.5. The minimum Gasteiger partial charge on any atom is -0.393 e. The van der Waals surface area contributed by atoms with Crippen molar-refractivity contribution in [1.29, 1.82) is 0 Å². The first kappa shape index (κ1) is 23.6. The minimum absolute atomic E-state index is 0.187. The quantitative estimate of drug-likeness (QED) is 0.455. The molecule has 0 saturated heterocycles. The molecular weight excluding hydrogens is 364 g/mol. The summed E-state index contributed by atoms with van der Waals surface area (Å²) < 4.78 is 0. The molecule has 0 unspecified atom stereocenters. The Morgan fingerprint density at radius 3 is 2.53 bits per heavy atom. The van der Waals surface area contributed by atoms with Gasteiger partial charge in [-0.2, -0.15) is 0 Å². The van der Waals surface area contributed by atoms with Gasteiger partial charge < -0.3 is 5.11 Å². The summed E-state index contributed by atoms with van der Waals surface area (Å²) in [5.74, 6) is 2.80. The largest absolute Gasteiger partial charge is 0.393 e. The van der Waals surface area contributed by atoms with Gasteiger partial charge >= 0.3 is 0 Å². The van der Waals surface area contributed by atoms with Crippen molar-refractivity contribution < 1.29 is 5.11 Å². The summed E-state index contributed by atoms with van der Waals surface area (Å²) in [6.45, 7) is 18.8. The second kappa shape index (κ2) is 9.19. The molecule has 0 radical (unpaired) electrons. The van der Waals surface area contributed by atoms with E-state index < -0.39 is 0 Å². The fourth-order valence-corrected chi connectivity index (χ4v) is 6.60. The average molecular weight is 411 g/mol. The lowest BCUT2D eigenvalue weighted by Crippen LogP contribution is -2.39. The van der Waals surface area contributed by atoms with E-state index in [0.29, 0.717) is 23.2 Å². The molecule has 0 aromatic heterocycles. The molecule has 1 N–H and O–H groups in total. The van der Waals surface area contributed by atoms with Gasteiger partial charge in [0.25, 0.3) is 0 Å². The first-order valence-electron chi connectivity index (χ1n) is 12.5. The van der Waals surface area contributed by atoms with E-state index in [1.165, 1.54) is 43.3 Å². The summed E-state index contributed by atoms with van der Waals surface area (Å²) in [5.41, 5.74) is 4.80. The van der Waals surface area contributed by atoms with Crippen LogP contribution in [0.15, 0.2) is 47.6 Å². The van der Waals surface area contributed by atoms with E-state index in [4.69, 9.17) is 0 Å². The Hall–Kier alpha value is -1.08. The fourth-order valence-electron chi connectivity index (χ4n) is 6.60. The number of aliphatic hydroxyl groups excluding tert-OH is 1. The highest BCUT2D eigenvalue weighted by atomic mass is 16.3. The number of fused-ring (bicyclic) bond motifs is 1. The predicted octanol–water partition coefficient (Wildman–Crippen LogP) is 8.03. The van der Waals surface area contributed by atoms with Crippen molar-refractivity contribution in [2.45, 2.75) is 99.0 Å². The van der Waals surface area contributed by atoms with Gasteiger partial charge in [-0.15, -0.1) is 0 Å². The molecule has 0 bridgehead atoms. The Morgan fingerprint density at radius 1 is 1.10 bits per heavy atom. The zero-order valence-corrected chi connectivity index (χ0v) is 20.5. The van der Waals surface area contributed by atoms with Crippen LogP contribution in [0.4, 0.5) is 0 Å². The molecule has 0 aromatic rings. The molecule has 3 rings (SSSR count). The number of allylic oxidation sites excluding steroid dienone is 6. The van der Waals surface area contributed by atoms with Crippen molar-refractivity contribution in [2.24, 2.45) is 34.5 Å². The summed E-state index contributed by atoms with van der Waals surface area (Å²) in [4.78, 5) is 0. The molecular formula is C29H46O. The number of rotatable bonds is 5. The summed E-state index contributed by atoms with van der Waals surface area (Å²) in [5, 5.41) is 10.1. The average Bonchev–Trinajstić information content (AvgIpc) is 3.05. The number of aliphatic hydroxyl groups is 1. The summed E-state index contributed by atoms with van der Waals surface area (Å²) in [6, 6.07) is 0. The van der Waals surface area contributed by atoms with Gasteiger partial charge in [0.15, 0.2) is 0 Å². The molecule has 0 spiro atoms. The molecule has 0 aromatic carbocycles. The third kappa shape index (κ3) is 4.87. The van der Waals surface area contributed by atoms with Crippen LogP contribution in [-0.4, -0.2) is 11.2 Å². The number of hydrogen-bond acceptors (Lipinski definition) is 1. The maximum Gasteiger partial charge on any atom is 0.0583 e. The maximum absolute atomic E-state index is 10.1. The van der Waals surface area contributed by atoms with Crippen molar-refractivity contribution >= 4 is 0 Å². The zero-order valence-electron chi connectivity index (χ0n) is 20.5. The molecule has 3 fully saturated rings. The van der Waals surface area contributed by atoms with Crippen molar-refractivity contribution in [3.05, 3.63) is 47.6 Å². The maximum atomic E-state index is 10.1. The molecule has 168 valence electrons. The van der Waals surface area contributed by atoms with Gasteiger partial charge in [0.2, 0.25) is 0 Å². The van der Waals surface area contributed by atoms with E-state index in [9.17, 15) is 5.11 Å². The molecule has 3 aliphatic carbocycles. The van der Waals surface area contributed by atoms with E-state index in [1.54, 1.807) is 5.57 Å². The smallest absolute Gasteiger partial charge is 0.0583 e. The van der Waals surface area contributed by atoms with Gasteiger partial charge in [-0.3, -0.25) is 0 Å². The monoisotopic (exact) mass is 410 g/mol. The Balaban J connectivity index is 1.80. The fraction of sp³-hybridized carbons (Fsp3) is 0.724. The van der Waals surface area contributed by atoms with Gasteiger partial charge in [-0.1, -0.05) is 83.6 Å². The Bertz CT molecular complexity index is 719. The van der Waals surface area contributed by atoms with Crippen LogP contribution in [0.2, 0.25) is 0 Å². The normalized spacial score (nSPS) is 36.8. The van der Waals surface area contributed by atoms with E-state index in [0.717, 1.165) is 25.2 Å². The summed E-state index contributed by atoms with van der Waals surface area (Å²) in [7, 11) is 0. The van der Waals surface area contributed by atoms with E-state index >= 15 is 0 Å². The molecule has 3 aliphatic rings. The SMILES string of the molecule is C=C1CC[C@H](O)C/C1=C/C=C1\CCC[C@]2(C)[C@@H](C(C)(C)/C=C/[C@H](C)C(C)C)CC[C@@H]12. The van der Waals surface area contributed by atoms with Crippen LogP contribution in [0.1, 0.15) is 92.9 Å². The van der Waals surface area contributed by atoms with E-state index in [-0.39, 0.29) is 11.5 Å². The summed E-state index contributed by atoms with van der Waals surface area (Å²) in [6.07, 6.45) is 18.7. The van der Waals surface area contributed by atoms with Gasteiger partial charge in [0.1, 0.15) is 0 Å². The lowest BCUT2D eigenvalue weighted by Gasteiger charge is -2.47. The molecule has 0 aliphatic heterocycles. The Morgan fingerprint density at radius 2 is 1.83 bits per heavy atom. The molecule has 5 atom stereocenters. The van der Waals surface area contributed by atoms with Gasteiger partial charge in [0, 0.05) is 0 Å². The van der Waals surface area contributed by atoms with E-state index in [2.05, 4.69) is 72.4 Å². The topological polar surface area (TPSA) is 20.2 Å². The van der Waals surface area contributed by atoms with Crippen LogP contribution < -0.4 is 0 Å². The number of hydrogen-bond donors (Lipinski definition) is 1. The van der Waals surface area contributed by atoms with Crippen LogP contribution in [-0.2, 0) is 0 Å². The first-order chi connectivity index (χ1) is 14.0. The third-order valence-corrected chi connectivity index (χ3v) is 8.93. The van der Waals surface area contributed by atoms with Crippen molar-refractivity contribution in [3.63, 3.8) is 0 Å². The molecule has 30 heavy (non-hydrogen) atoms. The molecule has 1 nitrogen and oxygen atoms in total. The third-order valence-electron chi connectivity index (χ3n) is 8.93. The van der Waals surface area contributed by atoms with Crippen molar-refractivity contribution in [2.75, 3.05) is 0 Å². The van der Waals surface area contributed by atoms with Gasteiger partial charge in [-0.25, -0.2) is 0 Å². The van der Waals surface area contributed by atoms with Crippen molar-refractivity contribution in [1.82, 2.24) is 0 Å². The molecule has 0 heterocycles. The Kier molecular flexibility index (Phi) is 7.22. The minimum atomic E-state index is -0.187. The molecule has 0 amide bonds. The van der Waals surface area contributed by atoms with Crippen LogP contribution in [0.25, 0.3) is 0 Å². The zero-order chi connectivity index (χ0) is 22.1. The van der Waals surface area contributed by atoms with Crippen LogP contribution in [0, 0.1) is 34.5 Å². The second-order valence-corrected chi connectivity index (χ2v) is 11.8. The highest BCUT2D eigenvalue weighted by molar-refractivity contribution is 5.36. The lowest BCUT2D eigenvalue weighted by atomic mass is 9.57. The molecule has 3 saturated carbocycles. The van der Waals surface area contributed by atoms with Crippen LogP contribution in [0.5, 0.6) is 0 Å². The van der Waals surface area contributed by atoms with Gasteiger partial charge in [-0.05, 0) is 91.4 Å². The second-order valence-electron chi connectivity index (χ2n) is 11.8. The van der Waals surface area contributed by atoms with Crippen LogP contribution in [0.3, 0.4) is 0 Å².